The van der Waals surface area contributed by atoms with E-state index < -0.39 is 0 Å². The molecule has 0 bridgehead atoms. The molecule has 3 rings (SSSR count). The van der Waals surface area contributed by atoms with Crippen molar-refractivity contribution in [1.29, 1.82) is 0 Å². The van der Waals surface area contributed by atoms with E-state index in [2.05, 4.69) is 10.1 Å². The van der Waals surface area contributed by atoms with Crippen LogP contribution < -0.4 is 4.80 Å². The number of pyridine rings is 1. The molecular weight excluding hydrogens is 280 g/mol. The molecule has 0 amide bonds. The average Bonchev–Trinajstić information content (AvgIpc) is 2.84. The van der Waals surface area contributed by atoms with E-state index in [4.69, 9.17) is 4.99 Å². The van der Waals surface area contributed by atoms with Crippen LogP contribution in [0, 0.1) is 0 Å². The van der Waals surface area contributed by atoms with Gasteiger partial charge in [-0.3, -0.25) is 9.98 Å². The van der Waals surface area contributed by atoms with Crippen molar-refractivity contribution in [3.05, 3.63) is 29.3 Å². The molecule has 0 aliphatic heterocycles. The maximum absolute atomic E-state index is 4.96. The molecule has 4 nitrogen and oxygen atoms in total. The Morgan fingerprint density at radius 2 is 1.95 bits per heavy atom. The minimum Gasteiger partial charge on any atom is -0.264 e. The molecule has 5 heteroatoms. The first-order valence-corrected chi connectivity index (χ1v) is 8.63. The van der Waals surface area contributed by atoms with Crippen LogP contribution in [-0.4, -0.2) is 20.8 Å². The third kappa shape index (κ3) is 3.79. The van der Waals surface area contributed by atoms with E-state index in [9.17, 15) is 0 Å². The molecule has 1 aliphatic carbocycles. The summed E-state index contributed by atoms with van der Waals surface area (Å²) in [6.45, 7) is 0. The van der Waals surface area contributed by atoms with Crippen molar-refractivity contribution >= 4 is 11.3 Å². The lowest BCUT2D eigenvalue weighted by molar-refractivity contribution is 0.447. The highest BCUT2D eigenvalue weighted by Gasteiger charge is 2.11. The summed E-state index contributed by atoms with van der Waals surface area (Å²) < 4.78 is 1.91. The number of rotatable bonds is 2. The highest BCUT2D eigenvalue weighted by molar-refractivity contribution is 7.12. The van der Waals surface area contributed by atoms with Crippen LogP contribution in [0.15, 0.2) is 29.5 Å². The zero-order valence-corrected chi connectivity index (χ0v) is 13.4. The van der Waals surface area contributed by atoms with E-state index in [1.807, 2.05) is 30.1 Å². The van der Waals surface area contributed by atoms with Crippen molar-refractivity contribution in [1.82, 2.24) is 14.8 Å². The van der Waals surface area contributed by atoms with Gasteiger partial charge in [-0.25, -0.2) is 4.68 Å². The minimum atomic E-state index is 0.471. The van der Waals surface area contributed by atoms with Crippen molar-refractivity contribution in [2.24, 2.45) is 12.0 Å². The normalized spacial score (nSPS) is 18.4. The molecule has 0 saturated heterocycles. The maximum Gasteiger partial charge on any atom is 0.203 e. The van der Waals surface area contributed by atoms with E-state index in [1.54, 1.807) is 17.5 Å². The summed E-state index contributed by atoms with van der Waals surface area (Å²) in [6, 6.07) is 4.46. The van der Waals surface area contributed by atoms with Gasteiger partial charge in [0.25, 0.3) is 0 Å². The Morgan fingerprint density at radius 3 is 2.67 bits per heavy atom. The van der Waals surface area contributed by atoms with Gasteiger partial charge in [0, 0.05) is 25.0 Å². The van der Waals surface area contributed by atoms with Crippen LogP contribution in [0.25, 0.3) is 10.6 Å². The summed E-state index contributed by atoms with van der Waals surface area (Å²) in [5, 5.41) is 5.59. The predicted molar refractivity (Wildman–Crippen MR) is 86.0 cm³/mol. The average molecular weight is 302 g/mol. The molecule has 0 radical (unpaired) electrons. The number of aromatic nitrogens is 3. The Balaban J connectivity index is 1.84. The highest BCUT2D eigenvalue weighted by atomic mass is 32.1. The van der Waals surface area contributed by atoms with Gasteiger partial charge in [0.1, 0.15) is 5.01 Å². The lowest BCUT2D eigenvalue weighted by Gasteiger charge is -2.14. The van der Waals surface area contributed by atoms with Crippen molar-refractivity contribution in [3.63, 3.8) is 0 Å². The van der Waals surface area contributed by atoms with Gasteiger partial charge in [-0.15, -0.1) is 0 Å². The van der Waals surface area contributed by atoms with Crippen LogP contribution in [0.1, 0.15) is 44.9 Å². The smallest absolute Gasteiger partial charge is 0.203 e. The van der Waals surface area contributed by atoms with E-state index in [0.29, 0.717) is 6.04 Å². The van der Waals surface area contributed by atoms with E-state index >= 15 is 0 Å². The fraction of sp³-hybridized carbons (Fsp3) is 0.562. The Morgan fingerprint density at radius 1 is 1.19 bits per heavy atom. The molecule has 0 N–H and O–H groups in total. The first-order valence-electron chi connectivity index (χ1n) is 7.81. The summed E-state index contributed by atoms with van der Waals surface area (Å²) in [7, 11) is 1.98. The van der Waals surface area contributed by atoms with Gasteiger partial charge in [0.05, 0.1) is 6.04 Å². The minimum absolute atomic E-state index is 0.471. The fourth-order valence-corrected chi connectivity index (χ4v) is 3.74. The predicted octanol–water partition coefficient (Wildman–Crippen LogP) is 3.56. The third-order valence-electron chi connectivity index (χ3n) is 3.98. The highest BCUT2D eigenvalue weighted by Crippen LogP contribution is 2.20. The summed E-state index contributed by atoms with van der Waals surface area (Å²) in [5.74, 6) is 0. The molecule has 2 heterocycles. The van der Waals surface area contributed by atoms with Crippen molar-refractivity contribution in [2.45, 2.75) is 51.0 Å². The fourth-order valence-electron chi connectivity index (χ4n) is 2.79. The SMILES string of the molecule is Cn1nc(-c2cccnc2)sc1=NC1CCCCCCC1. The molecule has 0 spiro atoms. The van der Waals surface area contributed by atoms with Gasteiger partial charge in [-0.1, -0.05) is 43.4 Å². The quantitative estimate of drug-likeness (QED) is 0.851. The van der Waals surface area contributed by atoms with Crippen molar-refractivity contribution in [3.8, 4) is 10.6 Å². The monoisotopic (exact) mass is 302 g/mol. The van der Waals surface area contributed by atoms with Crippen molar-refractivity contribution < 1.29 is 0 Å². The molecule has 0 unspecified atom stereocenters. The topological polar surface area (TPSA) is 43.1 Å². The van der Waals surface area contributed by atoms with E-state index in [1.165, 1.54) is 44.9 Å². The summed E-state index contributed by atoms with van der Waals surface area (Å²) in [4.78, 5) is 10.2. The Labute approximate surface area is 129 Å². The molecule has 2 aromatic heterocycles. The lowest BCUT2D eigenvalue weighted by Crippen LogP contribution is -2.18. The van der Waals surface area contributed by atoms with E-state index in [-0.39, 0.29) is 0 Å². The van der Waals surface area contributed by atoms with Crippen LogP contribution in [0.5, 0.6) is 0 Å². The zero-order chi connectivity index (χ0) is 14.5. The van der Waals surface area contributed by atoms with Crippen molar-refractivity contribution in [2.75, 3.05) is 0 Å². The summed E-state index contributed by atoms with van der Waals surface area (Å²) in [6.07, 6.45) is 12.8. The summed E-state index contributed by atoms with van der Waals surface area (Å²) >= 11 is 1.66. The molecule has 1 aliphatic rings. The molecule has 0 atom stereocenters. The van der Waals surface area contributed by atoms with Gasteiger partial charge in [-0.2, -0.15) is 5.10 Å². The molecule has 1 fully saturated rings. The molecule has 1 saturated carbocycles. The first kappa shape index (κ1) is 14.4. The van der Waals surface area contributed by atoms with Crippen LogP contribution in [0.2, 0.25) is 0 Å². The molecule has 2 aromatic rings. The van der Waals surface area contributed by atoms with Gasteiger partial charge in [-0.05, 0) is 25.0 Å². The Kier molecular flexibility index (Phi) is 4.80. The standard InChI is InChI=1S/C16H22N4S/c1-20-16(18-14-9-5-3-2-4-6-10-14)21-15(19-20)13-8-7-11-17-12-13/h7-8,11-12,14H,2-6,9-10H2,1H3. The molecular formula is C16H22N4S. The van der Waals surface area contributed by atoms with Gasteiger partial charge in [0.2, 0.25) is 4.80 Å². The Bertz CT molecular complexity index is 621. The van der Waals surface area contributed by atoms with Gasteiger partial charge < -0.3 is 0 Å². The van der Waals surface area contributed by atoms with Crippen LogP contribution in [0.3, 0.4) is 0 Å². The zero-order valence-electron chi connectivity index (χ0n) is 12.5. The van der Waals surface area contributed by atoms with Crippen LogP contribution in [0.4, 0.5) is 0 Å². The van der Waals surface area contributed by atoms with Crippen LogP contribution >= 0.6 is 11.3 Å². The molecule has 0 aromatic carbocycles. The molecule has 112 valence electrons. The number of aryl methyl sites for hydroxylation is 1. The van der Waals surface area contributed by atoms with E-state index in [0.717, 1.165) is 15.4 Å². The summed E-state index contributed by atoms with van der Waals surface area (Å²) in [5.41, 5.74) is 1.07. The largest absolute Gasteiger partial charge is 0.264 e. The number of hydrogen-bond donors (Lipinski definition) is 0. The maximum atomic E-state index is 4.96. The second-order valence-corrected chi connectivity index (χ2v) is 6.64. The number of nitrogens with zero attached hydrogens (tertiary/aromatic N) is 4. The third-order valence-corrected chi connectivity index (χ3v) is 5.04. The second-order valence-electron chi connectivity index (χ2n) is 5.68. The number of hydrogen-bond acceptors (Lipinski definition) is 4. The van der Waals surface area contributed by atoms with Gasteiger partial charge in [0.15, 0.2) is 0 Å². The van der Waals surface area contributed by atoms with Gasteiger partial charge >= 0.3 is 0 Å². The lowest BCUT2D eigenvalue weighted by atomic mass is 9.97. The second kappa shape index (κ2) is 6.98. The Hall–Kier alpha value is -1.49. The first-order chi connectivity index (χ1) is 10.3. The molecule has 21 heavy (non-hydrogen) atoms. The van der Waals surface area contributed by atoms with Crippen LogP contribution in [-0.2, 0) is 7.05 Å².